The number of hydrogen-bond donors (Lipinski definition) is 1. The highest BCUT2D eigenvalue weighted by Gasteiger charge is 2.17. The number of halogens is 1. The monoisotopic (exact) mass is 406 g/mol. The normalized spacial score (nSPS) is 10.5. The van der Waals surface area contributed by atoms with Crippen LogP contribution in [0.5, 0.6) is 23.0 Å². The first-order valence-corrected chi connectivity index (χ1v) is 8.74. The highest BCUT2D eigenvalue weighted by atomic mass is 35.5. The van der Waals surface area contributed by atoms with Crippen LogP contribution in [-0.2, 0) is 13.5 Å². The van der Waals surface area contributed by atoms with Crippen LogP contribution < -0.4 is 24.7 Å². The highest BCUT2D eigenvalue weighted by Crippen LogP contribution is 2.40. The molecule has 0 saturated heterocycles. The Morgan fingerprint density at radius 1 is 0.786 bits per heavy atom. The molecular formula is C21H27ClN2O4. The maximum Gasteiger partial charge on any atom is 0.162 e. The summed E-state index contributed by atoms with van der Waals surface area (Å²) in [5, 5.41) is 1.07. The summed E-state index contributed by atoms with van der Waals surface area (Å²) >= 11 is 0. The number of rotatable bonds is 7. The quantitative estimate of drug-likeness (QED) is 0.646. The second kappa shape index (κ2) is 9.08. The van der Waals surface area contributed by atoms with Crippen LogP contribution in [0.25, 0.3) is 22.2 Å². The van der Waals surface area contributed by atoms with Crippen LogP contribution in [0, 0.1) is 0 Å². The van der Waals surface area contributed by atoms with Gasteiger partial charge in [0.15, 0.2) is 23.0 Å². The van der Waals surface area contributed by atoms with Crippen molar-refractivity contribution in [3.63, 3.8) is 0 Å². The molecule has 1 heterocycles. The molecule has 0 aliphatic heterocycles. The van der Waals surface area contributed by atoms with Gasteiger partial charge in [-0.05, 0) is 42.8 Å². The minimum absolute atomic E-state index is 0. The van der Waals surface area contributed by atoms with Crippen LogP contribution >= 0.6 is 12.4 Å². The van der Waals surface area contributed by atoms with Gasteiger partial charge in [-0.25, -0.2) is 0 Å². The lowest BCUT2D eigenvalue weighted by molar-refractivity contribution is 0.354. The molecule has 0 radical (unpaired) electrons. The molecule has 2 aromatic carbocycles. The van der Waals surface area contributed by atoms with Crippen molar-refractivity contribution < 1.29 is 18.9 Å². The summed E-state index contributed by atoms with van der Waals surface area (Å²) in [6, 6.07) is 10.1. The van der Waals surface area contributed by atoms with E-state index in [2.05, 4.69) is 10.6 Å². The van der Waals surface area contributed by atoms with Crippen molar-refractivity contribution in [1.82, 2.24) is 4.57 Å². The van der Waals surface area contributed by atoms with Gasteiger partial charge in [0.25, 0.3) is 0 Å². The van der Waals surface area contributed by atoms with E-state index in [0.29, 0.717) is 29.5 Å². The third-order valence-corrected chi connectivity index (χ3v) is 4.85. The predicted molar refractivity (Wildman–Crippen MR) is 115 cm³/mol. The molecule has 0 spiro atoms. The van der Waals surface area contributed by atoms with Gasteiger partial charge >= 0.3 is 0 Å². The molecular weight excluding hydrogens is 380 g/mol. The van der Waals surface area contributed by atoms with Crippen LogP contribution in [-0.4, -0.2) is 39.6 Å². The van der Waals surface area contributed by atoms with Crippen molar-refractivity contribution in [2.75, 3.05) is 35.0 Å². The molecule has 0 fully saturated rings. The Labute approximate surface area is 171 Å². The summed E-state index contributed by atoms with van der Waals surface area (Å²) < 4.78 is 24.0. The van der Waals surface area contributed by atoms with E-state index < -0.39 is 0 Å². The Balaban J connectivity index is 0.00000280. The average molecular weight is 407 g/mol. The Morgan fingerprint density at radius 2 is 1.32 bits per heavy atom. The van der Waals surface area contributed by atoms with Gasteiger partial charge in [0.1, 0.15) is 0 Å². The van der Waals surface area contributed by atoms with Crippen molar-refractivity contribution in [1.29, 1.82) is 0 Å². The molecule has 152 valence electrons. The second-order valence-corrected chi connectivity index (χ2v) is 6.26. The Kier molecular flexibility index (Phi) is 7.05. The van der Waals surface area contributed by atoms with Crippen molar-refractivity contribution >= 4 is 23.3 Å². The van der Waals surface area contributed by atoms with Gasteiger partial charge in [-0.3, -0.25) is 0 Å². The van der Waals surface area contributed by atoms with Crippen LogP contribution in [0.2, 0.25) is 0 Å². The molecule has 0 aliphatic carbocycles. The number of aryl methyl sites for hydroxylation is 1. The molecule has 0 bridgehead atoms. The first-order chi connectivity index (χ1) is 13.1. The SMILES string of the molecule is COc1cc(CCN)c(-c2cc3cc(OC)c(OC)cc3n2C)cc1OC.Cl. The lowest BCUT2D eigenvalue weighted by Gasteiger charge is -2.15. The lowest BCUT2D eigenvalue weighted by Crippen LogP contribution is -2.06. The van der Waals surface area contributed by atoms with Gasteiger partial charge in [-0.2, -0.15) is 0 Å². The summed E-state index contributed by atoms with van der Waals surface area (Å²) in [7, 11) is 8.59. The fraction of sp³-hybridized carbons (Fsp3) is 0.333. The fourth-order valence-corrected chi connectivity index (χ4v) is 3.44. The van der Waals surface area contributed by atoms with Gasteiger partial charge < -0.3 is 29.2 Å². The van der Waals surface area contributed by atoms with Crippen molar-refractivity contribution in [3.8, 4) is 34.3 Å². The van der Waals surface area contributed by atoms with Crippen molar-refractivity contribution in [3.05, 3.63) is 35.9 Å². The molecule has 0 saturated carbocycles. The summed E-state index contributed by atoms with van der Waals surface area (Å²) in [6.07, 6.45) is 0.740. The Bertz CT molecular complexity index is 969. The van der Waals surface area contributed by atoms with Gasteiger partial charge in [0.05, 0.1) is 34.0 Å². The van der Waals surface area contributed by atoms with Crippen LogP contribution in [0.15, 0.2) is 30.3 Å². The maximum absolute atomic E-state index is 5.85. The molecule has 0 unspecified atom stereocenters. The fourth-order valence-electron chi connectivity index (χ4n) is 3.44. The van der Waals surface area contributed by atoms with Crippen molar-refractivity contribution in [2.45, 2.75) is 6.42 Å². The molecule has 0 amide bonds. The molecule has 0 atom stereocenters. The van der Waals surface area contributed by atoms with Crippen LogP contribution in [0.3, 0.4) is 0 Å². The van der Waals surface area contributed by atoms with Gasteiger partial charge in [0.2, 0.25) is 0 Å². The smallest absolute Gasteiger partial charge is 0.162 e. The highest BCUT2D eigenvalue weighted by molar-refractivity contribution is 5.90. The van der Waals surface area contributed by atoms with Gasteiger partial charge in [-0.1, -0.05) is 0 Å². The largest absolute Gasteiger partial charge is 0.493 e. The maximum atomic E-state index is 5.85. The molecule has 0 aliphatic rings. The first-order valence-electron chi connectivity index (χ1n) is 8.74. The standard InChI is InChI=1S/C21H26N2O4.ClH/c1-23-16-12-21(27-5)19(25-3)10-14(16)8-17(23)15-11-20(26-4)18(24-2)9-13(15)6-7-22;/h8-12H,6-7,22H2,1-5H3;1H. The minimum Gasteiger partial charge on any atom is -0.493 e. The number of methoxy groups -OCH3 is 4. The number of fused-ring (bicyclic) bond motifs is 1. The third kappa shape index (κ3) is 3.70. The third-order valence-electron chi connectivity index (χ3n) is 4.85. The number of benzene rings is 2. The van der Waals surface area contributed by atoms with Crippen molar-refractivity contribution in [2.24, 2.45) is 12.8 Å². The zero-order valence-electron chi connectivity index (χ0n) is 16.9. The second-order valence-electron chi connectivity index (χ2n) is 6.26. The van der Waals surface area contributed by atoms with E-state index in [4.69, 9.17) is 24.7 Å². The zero-order valence-corrected chi connectivity index (χ0v) is 17.7. The van der Waals surface area contributed by atoms with E-state index in [1.165, 1.54) is 0 Å². The number of nitrogens with two attached hydrogens (primary N) is 1. The zero-order chi connectivity index (χ0) is 19.6. The molecule has 28 heavy (non-hydrogen) atoms. The van der Waals surface area contributed by atoms with E-state index in [9.17, 15) is 0 Å². The molecule has 3 rings (SSSR count). The number of hydrogen-bond acceptors (Lipinski definition) is 5. The first kappa shape index (κ1) is 21.7. The molecule has 2 N–H and O–H groups in total. The van der Waals surface area contributed by atoms with E-state index in [-0.39, 0.29) is 12.4 Å². The van der Waals surface area contributed by atoms with Gasteiger partial charge in [0, 0.05) is 29.8 Å². The van der Waals surface area contributed by atoms with Crippen LogP contribution in [0.4, 0.5) is 0 Å². The molecule has 1 aromatic heterocycles. The van der Waals surface area contributed by atoms with E-state index in [0.717, 1.165) is 34.1 Å². The average Bonchev–Trinajstić information content (AvgIpc) is 3.02. The number of nitrogens with zero attached hydrogens (tertiary/aromatic N) is 1. The molecule has 6 nitrogen and oxygen atoms in total. The van der Waals surface area contributed by atoms with E-state index in [1.54, 1.807) is 28.4 Å². The summed E-state index contributed by atoms with van der Waals surface area (Å²) in [4.78, 5) is 0. The van der Waals surface area contributed by atoms with E-state index in [1.807, 2.05) is 31.3 Å². The Morgan fingerprint density at radius 3 is 1.89 bits per heavy atom. The lowest BCUT2D eigenvalue weighted by atomic mass is 10.0. The summed E-state index contributed by atoms with van der Waals surface area (Å²) in [5.74, 6) is 2.80. The predicted octanol–water partition coefficient (Wildman–Crippen LogP) is 3.80. The van der Waals surface area contributed by atoms with Crippen LogP contribution in [0.1, 0.15) is 5.56 Å². The molecule has 7 heteroatoms. The molecule has 3 aromatic rings. The number of aromatic nitrogens is 1. The Hall–Kier alpha value is -2.57. The topological polar surface area (TPSA) is 67.9 Å². The summed E-state index contributed by atoms with van der Waals surface area (Å²) in [5.41, 5.74) is 10.1. The minimum atomic E-state index is 0. The van der Waals surface area contributed by atoms with Gasteiger partial charge in [-0.15, -0.1) is 12.4 Å². The van der Waals surface area contributed by atoms with E-state index >= 15 is 0 Å². The number of ether oxygens (including phenoxy) is 4. The summed E-state index contributed by atoms with van der Waals surface area (Å²) in [6.45, 7) is 0.550.